The quantitative estimate of drug-likeness (QED) is 0.609. The summed E-state index contributed by atoms with van der Waals surface area (Å²) in [6, 6.07) is 0. The van der Waals surface area contributed by atoms with Crippen LogP contribution in [0.1, 0.15) is 12.8 Å². The maximum Gasteiger partial charge on any atom is 0.0263 e. The molecule has 10 heavy (non-hydrogen) atoms. The van der Waals surface area contributed by atoms with Crippen molar-refractivity contribution in [1.82, 2.24) is 0 Å². The van der Waals surface area contributed by atoms with Gasteiger partial charge in [-0.05, 0) is 19.0 Å². The molecule has 2 heteroatoms. The SMILES string of the molecule is NCCC1=CC=CN=CC1. The van der Waals surface area contributed by atoms with Gasteiger partial charge in [-0.2, -0.15) is 0 Å². The summed E-state index contributed by atoms with van der Waals surface area (Å²) in [7, 11) is 0. The fourth-order valence-electron chi connectivity index (χ4n) is 0.898. The highest BCUT2D eigenvalue weighted by atomic mass is 14.7. The molecule has 0 aromatic carbocycles. The molecule has 0 radical (unpaired) electrons. The normalized spacial score (nSPS) is 16.7. The maximum atomic E-state index is 5.40. The summed E-state index contributed by atoms with van der Waals surface area (Å²) >= 11 is 0. The van der Waals surface area contributed by atoms with E-state index in [9.17, 15) is 0 Å². The van der Waals surface area contributed by atoms with Crippen molar-refractivity contribution in [3.8, 4) is 0 Å². The first kappa shape index (κ1) is 7.22. The monoisotopic (exact) mass is 136 g/mol. The molecule has 0 saturated heterocycles. The maximum absolute atomic E-state index is 5.40. The number of rotatable bonds is 2. The molecule has 0 unspecified atom stereocenters. The van der Waals surface area contributed by atoms with Crippen molar-refractivity contribution in [3.63, 3.8) is 0 Å². The van der Waals surface area contributed by atoms with Gasteiger partial charge in [0, 0.05) is 18.8 Å². The molecule has 0 fully saturated rings. The third-order valence-electron chi connectivity index (χ3n) is 1.43. The zero-order chi connectivity index (χ0) is 7.23. The van der Waals surface area contributed by atoms with Crippen LogP contribution < -0.4 is 5.73 Å². The number of nitrogens with zero attached hydrogens (tertiary/aromatic N) is 1. The lowest BCUT2D eigenvalue weighted by Gasteiger charge is -1.97. The Balaban J connectivity index is 2.50. The van der Waals surface area contributed by atoms with E-state index in [1.54, 1.807) is 6.20 Å². The summed E-state index contributed by atoms with van der Waals surface area (Å²) in [5, 5.41) is 0. The number of hydrogen-bond donors (Lipinski definition) is 1. The van der Waals surface area contributed by atoms with Crippen LogP contribution in [0.4, 0.5) is 0 Å². The molecule has 1 aliphatic rings. The second kappa shape index (κ2) is 4.01. The van der Waals surface area contributed by atoms with Crippen LogP contribution in [0, 0.1) is 0 Å². The van der Waals surface area contributed by atoms with E-state index >= 15 is 0 Å². The molecule has 1 aliphatic heterocycles. The molecule has 1 heterocycles. The number of allylic oxidation sites excluding steroid dienone is 2. The van der Waals surface area contributed by atoms with Crippen LogP contribution in [0.2, 0.25) is 0 Å². The van der Waals surface area contributed by atoms with Crippen LogP contribution in [0.3, 0.4) is 0 Å². The van der Waals surface area contributed by atoms with E-state index in [0.717, 1.165) is 19.4 Å². The van der Waals surface area contributed by atoms with Crippen LogP contribution in [-0.2, 0) is 0 Å². The lowest BCUT2D eigenvalue weighted by Crippen LogP contribution is -2.00. The first-order valence-electron chi connectivity index (χ1n) is 3.50. The van der Waals surface area contributed by atoms with Gasteiger partial charge in [0.2, 0.25) is 0 Å². The highest BCUT2D eigenvalue weighted by Crippen LogP contribution is 2.06. The smallest absolute Gasteiger partial charge is 0.0263 e. The van der Waals surface area contributed by atoms with E-state index < -0.39 is 0 Å². The Labute approximate surface area is 61.1 Å². The average molecular weight is 136 g/mol. The minimum atomic E-state index is 0.730. The minimum absolute atomic E-state index is 0.730. The van der Waals surface area contributed by atoms with Crippen LogP contribution in [0.25, 0.3) is 0 Å². The van der Waals surface area contributed by atoms with E-state index in [4.69, 9.17) is 5.73 Å². The van der Waals surface area contributed by atoms with Gasteiger partial charge in [-0.1, -0.05) is 11.6 Å². The summed E-state index contributed by atoms with van der Waals surface area (Å²) in [5.74, 6) is 0. The number of aliphatic imine (C=N–C) groups is 1. The van der Waals surface area contributed by atoms with E-state index in [1.807, 2.05) is 12.3 Å². The Kier molecular flexibility index (Phi) is 2.90. The van der Waals surface area contributed by atoms with E-state index in [0.29, 0.717) is 0 Å². The molecule has 0 aromatic heterocycles. The van der Waals surface area contributed by atoms with Crippen molar-refractivity contribution in [3.05, 3.63) is 23.9 Å². The third-order valence-corrected chi connectivity index (χ3v) is 1.43. The topological polar surface area (TPSA) is 38.4 Å². The molecule has 0 atom stereocenters. The molecule has 2 N–H and O–H groups in total. The minimum Gasteiger partial charge on any atom is -0.330 e. The largest absolute Gasteiger partial charge is 0.330 e. The Hall–Kier alpha value is -0.890. The van der Waals surface area contributed by atoms with Gasteiger partial charge < -0.3 is 5.73 Å². The standard InChI is InChI=1S/C8H12N2/c9-5-3-8-2-1-6-10-7-4-8/h1-2,6-7H,3-5,9H2. The summed E-state index contributed by atoms with van der Waals surface area (Å²) in [4.78, 5) is 4.00. The highest BCUT2D eigenvalue weighted by molar-refractivity contribution is 5.63. The van der Waals surface area contributed by atoms with Crippen LogP contribution >= 0.6 is 0 Å². The Bertz CT molecular complexity index is 178. The van der Waals surface area contributed by atoms with Crippen molar-refractivity contribution in [2.75, 3.05) is 6.54 Å². The molecule has 0 spiro atoms. The van der Waals surface area contributed by atoms with Crippen LogP contribution in [-0.4, -0.2) is 12.8 Å². The molecule has 0 amide bonds. The zero-order valence-corrected chi connectivity index (χ0v) is 5.96. The van der Waals surface area contributed by atoms with E-state index in [-0.39, 0.29) is 0 Å². The van der Waals surface area contributed by atoms with Crippen molar-refractivity contribution in [2.24, 2.45) is 10.7 Å². The Morgan fingerprint density at radius 2 is 2.50 bits per heavy atom. The molecular formula is C8H12N2. The second-order valence-corrected chi connectivity index (χ2v) is 2.24. The van der Waals surface area contributed by atoms with Gasteiger partial charge in [0.15, 0.2) is 0 Å². The van der Waals surface area contributed by atoms with Crippen molar-refractivity contribution >= 4 is 6.21 Å². The lowest BCUT2D eigenvalue weighted by atomic mass is 10.1. The molecule has 0 saturated carbocycles. The fourth-order valence-corrected chi connectivity index (χ4v) is 0.898. The first-order valence-corrected chi connectivity index (χ1v) is 3.50. The average Bonchev–Trinajstić information content (AvgIpc) is 2.17. The van der Waals surface area contributed by atoms with E-state index in [2.05, 4.69) is 11.1 Å². The molecule has 0 aromatic rings. The molecular weight excluding hydrogens is 124 g/mol. The molecule has 2 nitrogen and oxygen atoms in total. The second-order valence-electron chi connectivity index (χ2n) is 2.24. The zero-order valence-electron chi connectivity index (χ0n) is 5.96. The summed E-state index contributed by atoms with van der Waals surface area (Å²) in [6.45, 7) is 0.730. The predicted octanol–water partition coefficient (Wildman–Crippen LogP) is 1.25. The van der Waals surface area contributed by atoms with Gasteiger partial charge in [-0.3, -0.25) is 4.99 Å². The fraction of sp³-hybridized carbons (Fsp3) is 0.375. The number of hydrogen-bond acceptors (Lipinski definition) is 2. The molecule has 0 bridgehead atoms. The van der Waals surface area contributed by atoms with Gasteiger partial charge >= 0.3 is 0 Å². The van der Waals surface area contributed by atoms with Gasteiger partial charge in [0.25, 0.3) is 0 Å². The Morgan fingerprint density at radius 3 is 3.30 bits per heavy atom. The molecule has 1 rings (SSSR count). The summed E-state index contributed by atoms with van der Waals surface area (Å²) < 4.78 is 0. The van der Waals surface area contributed by atoms with Crippen LogP contribution in [0.15, 0.2) is 28.9 Å². The summed E-state index contributed by atoms with van der Waals surface area (Å²) in [6.07, 6.45) is 9.67. The van der Waals surface area contributed by atoms with Gasteiger partial charge in [-0.25, -0.2) is 0 Å². The highest BCUT2D eigenvalue weighted by Gasteiger charge is 1.93. The van der Waals surface area contributed by atoms with Crippen molar-refractivity contribution in [1.29, 1.82) is 0 Å². The van der Waals surface area contributed by atoms with E-state index in [1.165, 1.54) is 5.57 Å². The third kappa shape index (κ3) is 2.15. The lowest BCUT2D eigenvalue weighted by molar-refractivity contribution is 0.935. The van der Waals surface area contributed by atoms with Crippen molar-refractivity contribution in [2.45, 2.75) is 12.8 Å². The summed E-state index contributed by atoms with van der Waals surface area (Å²) in [5.41, 5.74) is 6.76. The molecule has 54 valence electrons. The predicted molar refractivity (Wildman–Crippen MR) is 44.0 cm³/mol. The first-order chi connectivity index (χ1) is 4.93. The molecule has 0 aliphatic carbocycles. The Morgan fingerprint density at radius 1 is 1.60 bits per heavy atom. The van der Waals surface area contributed by atoms with Crippen molar-refractivity contribution < 1.29 is 0 Å². The van der Waals surface area contributed by atoms with Crippen LogP contribution in [0.5, 0.6) is 0 Å². The van der Waals surface area contributed by atoms with Gasteiger partial charge in [-0.15, -0.1) is 0 Å². The van der Waals surface area contributed by atoms with Gasteiger partial charge in [0.05, 0.1) is 0 Å². The number of nitrogens with two attached hydrogens (primary N) is 1. The van der Waals surface area contributed by atoms with Gasteiger partial charge in [0.1, 0.15) is 0 Å².